The van der Waals surface area contributed by atoms with E-state index in [-0.39, 0.29) is 25.1 Å². The molecule has 7 heteroatoms. The summed E-state index contributed by atoms with van der Waals surface area (Å²) in [5.74, 6) is -0.255. The summed E-state index contributed by atoms with van der Waals surface area (Å²) in [6.07, 6.45) is 0.0455. The number of hydrogen-bond acceptors (Lipinski definition) is 7. The maximum absolute atomic E-state index is 11.4. The second kappa shape index (κ2) is 6.83. The van der Waals surface area contributed by atoms with Crippen molar-refractivity contribution in [2.24, 2.45) is 0 Å². The van der Waals surface area contributed by atoms with Crippen molar-refractivity contribution in [1.29, 1.82) is 0 Å². The van der Waals surface area contributed by atoms with Crippen LogP contribution in [0.3, 0.4) is 0 Å². The van der Waals surface area contributed by atoms with E-state index in [1.165, 1.54) is 11.3 Å². The largest absolute Gasteiger partial charge is 0.466 e. The van der Waals surface area contributed by atoms with Crippen LogP contribution in [-0.2, 0) is 20.7 Å². The van der Waals surface area contributed by atoms with Gasteiger partial charge in [0.1, 0.15) is 0 Å². The molecular formula is C12H18N2O4S. The number of esters is 1. The zero-order chi connectivity index (χ0) is 13.7. The zero-order valence-corrected chi connectivity index (χ0v) is 11.7. The summed E-state index contributed by atoms with van der Waals surface area (Å²) in [6, 6.07) is 0. The maximum Gasteiger partial charge on any atom is 0.311 e. The van der Waals surface area contributed by atoms with Crippen molar-refractivity contribution in [2.45, 2.75) is 19.4 Å². The average molecular weight is 286 g/mol. The predicted octanol–water partition coefficient (Wildman–Crippen LogP) is 0.446. The first-order chi connectivity index (χ1) is 9.22. The number of ether oxygens (including phenoxy) is 2. The van der Waals surface area contributed by atoms with Gasteiger partial charge in [0.15, 0.2) is 5.13 Å². The highest BCUT2D eigenvalue weighted by Gasteiger charge is 2.22. The molecular weight excluding hydrogens is 268 g/mol. The van der Waals surface area contributed by atoms with E-state index in [1.807, 2.05) is 5.38 Å². The van der Waals surface area contributed by atoms with Crippen LogP contribution in [0.15, 0.2) is 5.38 Å². The van der Waals surface area contributed by atoms with Crippen LogP contribution in [0, 0.1) is 0 Å². The molecule has 0 saturated carbocycles. The molecule has 0 amide bonds. The van der Waals surface area contributed by atoms with Gasteiger partial charge >= 0.3 is 5.97 Å². The van der Waals surface area contributed by atoms with E-state index in [0.717, 1.165) is 17.4 Å². The third kappa shape index (κ3) is 3.89. The van der Waals surface area contributed by atoms with E-state index < -0.39 is 0 Å². The molecule has 1 N–H and O–H groups in total. The second-order valence-corrected chi connectivity index (χ2v) is 5.06. The fraction of sp³-hybridized carbons (Fsp3) is 0.667. The fourth-order valence-electron chi connectivity index (χ4n) is 1.89. The number of morpholine rings is 1. The molecule has 0 aliphatic carbocycles. The van der Waals surface area contributed by atoms with Crippen LogP contribution in [-0.4, -0.2) is 55.1 Å². The number of aromatic nitrogens is 1. The lowest BCUT2D eigenvalue weighted by molar-refractivity contribution is -0.142. The van der Waals surface area contributed by atoms with Crippen molar-refractivity contribution in [3.8, 4) is 0 Å². The van der Waals surface area contributed by atoms with Crippen molar-refractivity contribution in [2.75, 3.05) is 37.8 Å². The Bertz CT molecular complexity index is 424. The minimum Gasteiger partial charge on any atom is -0.466 e. The van der Waals surface area contributed by atoms with Gasteiger partial charge in [0.2, 0.25) is 0 Å². The van der Waals surface area contributed by atoms with Gasteiger partial charge in [0.25, 0.3) is 0 Å². The molecule has 1 fully saturated rings. The summed E-state index contributed by atoms with van der Waals surface area (Å²) in [5, 5.41) is 11.8. The first-order valence-electron chi connectivity index (χ1n) is 6.30. The van der Waals surface area contributed by atoms with Crippen LogP contribution in [0.5, 0.6) is 0 Å². The summed E-state index contributed by atoms with van der Waals surface area (Å²) in [6.45, 7) is 4.14. The Kier molecular flexibility index (Phi) is 5.12. The lowest BCUT2D eigenvalue weighted by Crippen LogP contribution is -2.44. The molecule has 1 aromatic heterocycles. The molecule has 0 aromatic carbocycles. The minimum atomic E-state index is -0.255. The van der Waals surface area contributed by atoms with Gasteiger partial charge in [-0.15, -0.1) is 11.3 Å². The monoisotopic (exact) mass is 286 g/mol. The normalized spacial score (nSPS) is 19.5. The quantitative estimate of drug-likeness (QED) is 0.792. The van der Waals surface area contributed by atoms with E-state index in [4.69, 9.17) is 14.6 Å². The Hall–Kier alpha value is -1.18. The number of hydrogen-bond donors (Lipinski definition) is 1. The first-order valence-corrected chi connectivity index (χ1v) is 7.18. The average Bonchev–Trinajstić information content (AvgIpc) is 2.87. The van der Waals surface area contributed by atoms with Crippen LogP contribution in [0.2, 0.25) is 0 Å². The third-order valence-electron chi connectivity index (χ3n) is 2.78. The molecule has 1 aliphatic rings. The second-order valence-electron chi connectivity index (χ2n) is 4.22. The van der Waals surface area contributed by atoms with Crippen LogP contribution < -0.4 is 4.90 Å². The molecule has 1 saturated heterocycles. The van der Waals surface area contributed by atoms with Crippen molar-refractivity contribution >= 4 is 22.4 Å². The van der Waals surface area contributed by atoms with Crippen molar-refractivity contribution < 1.29 is 19.4 Å². The molecule has 6 nitrogen and oxygen atoms in total. The van der Waals surface area contributed by atoms with Gasteiger partial charge in [-0.05, 0) is 6.92 Å². The van der Waals surface area contributed by atoms with Gasteiger partial charge < -0.3 is 19.5 Å². The summed E-state index contributed by atoms with van der Waals surface area (Å²) in [4.78, 5) is 17.9. The molecule has 19 heavy (non-hydrogen) atoms. The number of anilines is 1. The molecule has 0 radical (unpaired) electrons. The zero-order valence-electron chi connectivity index (χ0n) is 10.9. The maximum atomic E-state index is 11.4. The number of aliphatic hydroxyl groups is 1. The van der Waals surface area contributed by atoms with Crippen LogP contribution in [0.25, 0.3) is 0 Å². The Labute approximate surface area is 116 Å². The van der Waals surface area contributed by atoms with Gasteiger partial charge in [0, 0.05) is 18.5 Å². The molecule has 2 heterocycles. The molecule has 0 bridgehead atoms. The molecule has 2 rings (SSSR count). The van der Waals surface area contributed by atoms with Crippen molar-refractivity contribution in [3.05, 3.63) is 11.1 Å². The standard InChI is InChI=1S/C12H18N2O4S/c1-2-17-11(16)5-9-8-19-12(13-9)14-3-4-18-10(6-14)7-15/h8,10,15H,2-7H2,1H3. The van der Waals surface area contributed by atoms with E-state index in [1.54, 1.807) is 6.92 Å². The Morgan fingerprint density at radius 2 is 2.58 bits per heavy atom. The summed E-state index contributed by atoms with van der Waals surface area (Å²) >= 11 is 1.50. The summed E-state index contributed by atoms with van der Waals surface area (Å²) in [5.41, 5.74) is 0.727. The highest BCUT2D eigenvalue weighted by Crippen LogP contribution is 2.23. The number of rotatable bonds is 5. The minimum absolute atomic E-state index is 0.0115. The van der Waals surface area contributed by atoms with Gasteiger partial charge in [-0.2, -0.15) is 0 Å². The van der Waals surface area contributed by atoms with Gasteiger partial charge in [-0.3, -0.25) is 4.79 Å². The smallest absolute Gasteiger partial charge is 0.311 e. The Balaban J connectivity index is 1.94. The topological polar surface area (TPSA) is 71.9 Å². The number of aliphatic hydroxyl groups excluding tert-OH is 1. The first kappa shape index (κ1) is 14.2. The Morgan fingerprint density at radius 1 is 1.74 bits per heavy atom. The van der Waals surface area contributed by atoms with Crippen LogP contribution in [0.4, 0.5) is 5.13 Å². The number of nitrogens with zero attached hydrogens (tertiary/aromatic N) is 2. The SMILES string of the molecule is CCOC(=O)Cc1csc(N2CCOC(CO)C2)n1. The summed E-state index contributed by atoms with van der Waals surface area (Å²) < 4.78 is 10.3. The highest BCUT2D eigenvalue weighted by molar-refractivity contribution is 7.13. The lowest BCUT2D eigenvalue weighted by Gasteiger charge is -2.31. The summed E-state index contributed by atoms with van der Waals surface area (Å²) in [7, 11) is 0. The third-order valence-corrected chi connectivity index (χ3v) is 3.73. The number of thiazole rings is 1. The van der Waals surface area contributed by atoms with E-state index in [9.17, 15) is 4.79 Å². The van der Waals surface area contributed by atoms with Crippen molar-refractivity contribution in [3.63, 3.8) is 0 Å². The molecule has 0 spiro atoms. The molecule has 1 unspecified atom stereocenters. The molecule has 1 aliphatic heterocycles. The van der Waals surface area contributed by atoms with E-state index in [2.05, 4.69) is 9.88 Å². The fourth-order valence-corrected chi connectivity index (χ4v) is 2.75. The number of carbonyl (C=O) groups excluding carboxylic acids is 1. The molecule has 106 valence electrons. The van der Waals surface area contributed by atoms with E-state index in [0.29, 0.717) is 19.8 Å². The lowest BCUT2D eigenvalue weighted by atomic mass is 10.3. The van der Waals surface area contributed by atoms with Gasteiger partial charge in [-0.25, -0.2) is 4.98 Å². The van der Waals surface area contributed by atoms with Crippen molar-refractivity contribution in [1.82, 2.24) is 4.98 Å². The van der Waals surface area contributed by atoms with E-state index >= 15 is 0 Å². The Morgan fingerprint density at radius 3 is 3.32 bits per heavy atom. The predicted molar refractivity (Wildman–Crippen MR) is 71.5 cm³/mol. The number of carbonyl (C=O) groups is 1. The molecule has 1 aromatic rings. The highest BCUT2D eigenvalue weighted by atomic mass is 32.1. The molecule has 1 atom stereocenters. The van der Waals surface area contributed by atoms with Gasteiger partial charge in [0.05, 0.1) is 38.0 Å². The van der Waals surface area contributed by atoms with Crippen LogP contribution >= 0.6 is 11.3 Å². The van der Waals surface area contributed by atoms with Crippen LogP contribution in [0.1, 0.15) is 12.6 Å². The van der Waals surface area contributed by atoms with Gasteiger partial charge in [-0.1, -0.05) is 0 Å².